The summed E-state index contributed by atoms with van der Waals surface area (Å²) < 4.78 is 55.3. The molecule has 8 heteroatoms. The summed E-state index contributed by atoms with van der Waals surface area (Å²) in [5.74, 6) is -1.97. The highest BCUT2D eigenvalue weighted by Gasteiger charge is 2.20. The Morgan fingerprint density at radius 3 is 2.57 bits per heavy atom. The number of benzene rings is 3. The normalized spacial score (nSPS) is 11.6. The van der Waals surface area contributed by atoms with Crippen LogP contribution >= 0.6 is 0 Å². The number of anilines is 1. The fourth-order valence-corrected chi connectivity index (χ4v) is 4.05. The van der Waals surface area contributed by atoms with E-state index in [2.05, 4.69) is 9.82 Å². The van der Waals surface area contributed by atoms with Crippen LogP contribution < -0.4 is 4.72 Å². The molecule has 28 heavy (non-hydrogen) atoms. The Hall–Kier alpha value is -3.26. The summed E-state index contributed by atoms with van der Waals surface area (Å²) >= 11 is 0. The minimum Gasteiger partial charge on any atom is -0.266 e. The Bertz CT molecular complexity index is 1260. The van der Waals surface area contributed by atoms with Crippen LogP contribution in [-0.4, -0.2) is 18.2 Å². The molecule has 0 amide bonds. The van der Waals surface area contributed by atoms with Crippen molar-refractivity contribution in [1.29, 1.82) is 0 Å². The van der Waals surface area contributed by atoms with E-state index in [9.17, 15) is 17.2 Å². The minimum atomic E-state index is -4.22. The molecule has 1 N–H and O–H groups in total. The van der Waals surface area contributed by atoms with Gasteiger partial charge in [0, 0.05) is 18.3 Å². The van der Waals surface area contributed by atoms with Crippen molar-refractivity contribution in [2.45, 2.75) is 11.4 Å². The predicted molar refractivity (Wildman–Crippen MR) is 102 cm³/mol. The second-order valence-corrected chi connectivity index (χ2v) is 7.87. The first-order chi connectivity index (χ1) is 13.4. The van der Waals surface area contributed by atoms with Gasteiger partial charge in [0.2, 0.25) is 0 Å². The third-order valence-corrected chi connectivity index (χ3v) is 5.66. The highest BCUT2D eigenvalue weighted by Crippen LogP contribution is 2.21. The molecule has 142 valence electrons. The van der Waals surface area contributed by atoms with Gasteiger partial charge in [-0.1, -0.05) is 42.5 Å². The van der Waals surface area contributed by atoms with Crippen molar-refractivity contribution in [3.05, 3.63) is 90.1 Å². The first-order valence-electron chi connectivity index (χ1n) is 8.40. The number of halogens is 2. The first kappa shape index (κ1) is 18.1. The van der Waals surface area contributed by atoms with Crippen molar-refractivity contribution in [1.82, 2.24) is 9.78 Å². The van der Waals surface area contributed by atoms with Gasteiger partial charge in [-0.15, -0.1) is 0 Å². The molecule has 1 aromatic heterocycles. The molecule has 5 nitrogen and oxygen atoms in total. The lowest BCUT2D eigenvalue weighted by molar-refractivity contribution is 0.551. The van der Waals surface area contributed by atoms with E-state index in [1.165, 1.54) is 6.07 Å². The molecular weight excluding hydrogens is 384 g/mol. The maximum atomic E-state index is 13.8. The summed E-state index contributed by atoms with van der Waals surface area (Å²) in [4.78, 5) is -0.641. The van der Waals surface area contributed by atoms with Crippen LogP contribution in [0.4, 0.5) is 14.6 Å². The van der Waals surface area contributed by atoms with E-state index in [0.29, 0.717) is 12.6 Å². The Morgan fingerprint density at radius 1 is 0.964 bits per heavy atom. The van der Waals surface area contributed by atoms with Crippen LogP contribution in [0.2, 0.25) is 0 Å². The number of fused-ring (bicyclic) bond motifs is 1. The number of hydrogen-bond acceptors (Lipinski definition) is 3. The van der Waals surface area contributed by atoms with Crippen LogP contribution in [0.5, 0.6) is 0 Å². The van der Waals surface area contributed by atoms with Crippen molar-refractivity contribution in [3.63, 3.8) is 0 Å². The minimum absolute atomic E-state index is 0.0453. The van der Waals surface area contributed by atoms with E-state index in [1.807, 2.05) is 42.5 Å². The number of nitrogens with one attached hydrogen (secondary N) is 1. The number of aromatic nitrogens is 2. The predicted octanol–water partition coefficient (Wildman–Crippen LogP) is 4.16. The first-order valence-corrected chi connectivity index (χ1v) is 9.89. The second kappa shape index (κ2) is 7.05. The van der Waals surface area contributed by atoms with E-state index in [-0.39, 0.29) is 5.82 Å². The molecule has 0 fully saturated rings. The topological polar surface area (TPSA) is 64.0 Å². The lowest BCUT2D eigenvalue weighted by atomic mass is 10.0. The Kier molecular flexibility index (Phi) is 4.56. The Labute approximate surface area is 160 Å². The maximum Gasteiger partial charge on any atom is 0.266 e. The van der Waals surface area contributed by atoms with Crippen LogP contribution in [0, 0.1) is 11.6 Å². The summed E-state index contributed by atoms with van der Waals surface area (Å²) in [5, 5.41) is 6.38. The fraction of sp³-hybridized carbons (Fsp3) is 0.0500. The van der Waals surface area contributed by atoms with Gasteiger partial charge in [-0.2, -0.15) is 5.10 Å². The zero-order valence-corrected chi connectivity index (χ0v) is 15.3. The molecule has 0 aliphatic rings. The zero-order valence-electron chi connectivity index (χ0n) is 14.5. The van der Waals surface area contributed by atoms with E-state index in [1.54, 1.807) is 10.9 Å². The van der Waals surface area contributed by atoms with E-state index >= 15 is 0 Å². The molecule has 0 atom stereocenters. The summed E-state index contributed by atoms with van der Waals surface area (Å²) in [6.07, 6.45) is 1.63. The van der Waals surface area contributed by atoms with Gasteiger partial charge in [-0.05, 0) is 28.5 Å². The van der Waals surface area contributed by atoms with Crippen LogP contribution in [-0.2, 0) is 16.6 Å². The number of nitrogens with zero attached hydrogens (tertiary/aromatic N) is 2. The van der Waals surface area contributed by atoms with Gasteiger partial charge in [-0.3, -0.25) is 9.40 Å². The third-order valence-electron chi connectivity index (χ3n) is 4.28. The largest absolute Gasteiger partial charge is 0.266 e. The number of sulfonamides is 1. The molecule has 4 aromatic rings. The van der Waals surface area contributed by atoms with E-state index < -0.39 is 26.6 Å². The molecule has 0 unspecified atom stereocenters. The van der Waals surface area contributed by atoms with Crippen LogP contribution in [0.15, 0.2) is 77.8 Å². The molecule has 0 saturated heterocycles. The van der Waals surface area contributed by atoms with E-state index in [0.717, 1.165) is 28.5 Å². The molecular formula is C20H15F2N3O2S. The highest BCUT2D eigenvalue weighted by molar-refractivity contribution is 7.92. The summed E-state index contributed by atoms with van der Waals surface area (Å²) in [6, 6.07) is 17.6. The SMILES string of the molecule is O=S(=O)(Nc1ccn(Cc2cccc3ccccc23)n1)c1ccc(F)cc1F. The molecule has 1 heterocycles. The molecule has 0 radical (unpaired) electrons. The average Bonchev–Trinajstić information content (AvgIpc) is 3.08. The van der Waals surface area contributed by atoms with Gasteiger partial charge in [0.15, 0.2) is 5.82 Å². The van der Waals surface area contributed by atoms with Crippen LogP contribution in [0.25, 0.3) is 10.8 Å². The van der Waals surface area contributed by atoms with Crippen molar-refractivity contribution in [2.24, 2.45) is 0 Å². The maximum absolute atomic E-state index is 13.8. The smallest absolute Gasteiger partial charge is 0.266 e. The quantitative estimate of drug-likeness (QED) is 0.548. The molecule has 0 bridgehead atoms. The summed E-state index contributed by atoms with van der Waals surface area (Å²) in [7, 11) is -4.22. The molecule has 0 aliphatic heterocycles. The van der Waals surface area contributed by atoms with Gasteiger partial charge in [0.05, 0.1) is 6.54 Å². The zero-order chi connectivity index (χ0) is 19.7. The van der Waals surface area contributed by atoms with Gasteiger partial charge in [0.25, 0.3) is 10.0 Å². The lowest BCUT2D eigenvalue weighted by Crippen LogP contribution is -2.15. The molecule has 0 aliphatic carbocycles. The van der Waals surface area contributed by atoms with Crippen LogP contribution in [0.3, 0.4) is 0 Å². The van der Waals surface area contributed by atoms with Gasteiger partial charge < -0.3 is 0 Å². The summed E-state index contributed by atoms with van der Waals surface area (Å²) in [6.45, 7) is 0.438. The molecule has 4 rings (SSSR count). The third kappa shape index (κ3) is 3.59. The standard InChI is InChI=1S/C20H15F2N3O2S/c21-16-8-9-19(18(22)12-16)28(26,27)24-20-10-11-25(23-20)13-15-6-3-5-14-4-1-2-7-17(14)15/h1-12H,13H2,(H,23,24). The monoisotopic (exact) mass is 399 g/mol. The van der Waals surface area contributed by atoms with Crippen molar-refractivity contribution in [3.8, 4) is 0 Å². The van der Waals surface area contributed by atoms with Crippen molar-refractivity contribution in [2.75, 3.05) is 4.72 Å². The highest BCUT2D eigenvalue weighted by atomic mass is 32.2. The Balaban J connectivity index is 1.57. The van der Waals surface area contributed by atoms with Crippen molar-refractivity contribution >= 4 is 26.6 Å². The molecule has 0 spiro atoms. The molecule has 0 saturated carbocycles. The number of hydrogen-bond donors (Lipinski definition) is 1. The summed E-state index contributed by atoms with van der Waals surface area (Å²) in [5.41, 5.74) is 1.03. The van der Waals surface area contributed by atoms with Gasteiger partial charge in [-0.25, -0.2) is 17.2 Å². The lowest BCUT2D eigenvalue weighted by Gasteiger charge is -2.08. The van der Waals surface area contributed by atoms with Gasteiger partial charge >= 0.3 is 0 Å². The number of rotatable bonds is 5. The average molecular weight is 399 g/mol. The van der Waals surface area contributed by atoms with Gasteiger partial charge in [0.1, 0.15) is 16.5 Å². The van der Waals surface area contributed by atoms with Crippen molar-refractivity contribution < 1.29 is 17.2 Å². The fourth-order valence-electron chi connectivity index (χ4n) is 2.99. The Morgan fingerprint density at radius 2 is 1.75 bits per heavy atom. The molecule has 3 aromatic carbocycles. The van der Waals surface area contributed by atoms with Crippen LogP contribution in [0.1, 0.15) is 5.56 Å². The van der Waals surface area contributed by atoms with E-state index in [4.69, 9.17) is 0 Å². The second-order valence-electron chi connectivity index (χ2n) is 6.22.